The smallest absolute Gasteiger partial charge is 0.335 e. The van der Waals surface area contributed by atoms with Gasteiger partial charge in [-0.15, -0.1) is 0 Å². The molecule has 0 aliphatic rings. The van der Waals surface area contributed by atoms with Gasteiger partial charge in [0.25, 0.3) is 0 Å². The van der Waals surface area contributed by atoms with Crippen molar-refractivity contribution in [3.8, 4) is 17.1 Å². The maximum Gasteiger partial charge on any atom is 0.335 e. The zero-order chi connectivity index (χ0) is 17.8. The molecule has 0 unspecified atom stereocenters. The average molecular weight is 354 g/mol. The van der Waals surface area contributed by atoms with Gasteiger partial charge in [-0.05, 0) is 54.2 Å². The molecule has 0 radical (unpaired) electrons. The summed E-state index contributed by atoms with van der Waals surface area (Å²) in [5.41, 5.74) is 1.79. The average Bonchev–Trinajstić information content (AvgIpc) is 3.01. The Labute approximate surface area is 148 Å². The second-order valence-electron chi connectivity index (χ2n) is 5.06. The van der Waals surface area contributed by atoms with E-state index in [2.05, 4.69) is 15.3 Å². The van der Waals surface area contributed by atoms with Crippen molar-refractivity contribution in [1.82, 2.24) is 14.9 Å². The Balaban J connectivity index is 1.91. The highest BCUT2D eigenvalue weighted by molar-refractivity contribution is 7.71. The summed E-state index contributed by atoms with van der Waals surface area (Å²) in [7, 11) is 1.60. The number of benzene rings is 2. The number of aromatic amines is 1. The van der Waals surface area contributed by atoms with Gasteiger partial charge in [-0.25, -0.2) is 9.89 Å². The minimum atomic E-state index is -0.970. The molecule has 2 N–H and O–H groups in total. The summed E-state index contributed by atoms with van der Waals surface area (Å²) in [5, 5.41) is 20.2. The van der Waals surface area contributed by atoms with Crippen LogP contribution in [0.2, 0.25) is 0 Å². The molecule has 126 valence electrons. The summed E-state index contributed by atoms with van der Waals surface area (Å²) in [6, 6.07) is 13.7. The standard InChI is InChI=1S/C17H14N4O3S/c1-24-14-8-6-12(7-9-14)15-19-20-17(25)21(15)18-10-11-2-4-13(5-3-11)16(22)23/h2-10H,1H3,(H,20,25)(H,22,23)/b18-10-. The van der Waals surface area contributed by atoms with Crippen molar-refractivity contribution in [2.24, 2.45) is 5.10 Å². The number of aromatic nitrogens is 3. The van der Waals surface area contributed by atoms with E-state index in [0.717, 1.165) is 16.9 Å². The molecule has 0 aliphatic heterocycles. The second-order valence-corrected chi connectivity index (χ2v) is 5.45. The van der Waals surface area contributed by atoms with Crippen LogP contribution >= 0.6 is 12.2 Å². The molecule has 0 saturated carbocycles. The van der Waals surface area contributed by atoms with Gasteiger partial charge >= 0.3 is 5.97 Å². The van der Waals surface area contributed by atoms with Crippen molar-refractivity contribution in [2.75, 3.05) is 7.11 Å². The number of carboxylic acid groups (broad SMARTS) is 1. The SMILES string of the molecule is COc1ccc(-c2n[nH]c(=S)n2/N=C\c2ccc(C(=O)O)cc2)cc1. The van der Waals surface area contributed by atoms with E-state index in [0.29, 0.717) is 10.6 Å². The van der Waals surface area contributed by atoms with Crippen LogP contribution in [0.15, 0.2) is 53.6 Å². The minimum Gasteiger partial charge on any atom is -0.497 e. The van der Waals surface area contributed by atoms with Crippen LogP contribution in [0.25, 0.3) is 11.4 Å². The third-order valence-electron chi connectivity index (χ3n) is 3.48. The maximum atomic E-state index is 10.9. The van der Waals surface area contributed by atoms with Crippen LogP contribution in [0.5, 0.6) is 5.75 Å². The first-order valence-electron chi connectivity index (χ1n) is 7.28. The van der Waals surface area contributed by atoms with E-state index in [1.165, 1.54) is 16.8 Å². The van der Waals surface area contributed by atoms with Gasteiger partial charge in [0.05, 0.1) is 18.9 Å². The van der Waals surface area contributed by atoms with E-state index < -0.39 is 5.97 Å². The summed E-state index contributed by atoms with van der Waals surface area (Å²) in [4.78, 5) is 10.9. The van der Waals surface area contributed by atoms with Crippen LogP contribution in [0, 0.1) is 4.77 Å². The van der Waals surface area contributed by atoms with E-state index in [9.17, 15) is 4.79 Å². The van der Waals surface area contributed by atoms with Gasteiger partial charge in [-0.1, -0.05) is 12.1 Å². The highest BCUT2D eigenvalue weighted by Crippen LogP contribution is 2.20. The van der Waals surface area contributed by atoms with Crippen LogP contribution in [-0.4, -0.2) is 39.3 Å². The molecule has 7 nitrogen and oxygen atoms in total. The number of methoxy groups -OCH3 is 1. The van der Waals surface area contributed by atoms with Gasteiger partial charge in [-0.2, -0.15) is 14.9 Å². The Bertz CT molecular complexity index is 972. The molecule has 0 atom stereocenters. The van der Waals surface area contributed by atoms with Crippen molar-refractivity contribution in [1.29, 1.82) is 0 Å². The Morgan fingerprint density at radius 2 is 1.92 bits per heavy atom. The fraction of sp³-hybridized carbons (Fsp3) is 0.0588. The fourth-order valence-electron chi connectivity index (χ4n) is 2.16. The predicted molar refractivity (Wildman–Crippen MR) is 95.8 cm³/mol. The molecule has 0 amide bonds. The van der Waals surface area contributed by atoms with Gasteiger partial charge < -0.3 is 9.84 Å². The molecule has 1 heterocycles. The van der Waals surface area contributed by atoms with Crippen molar-refractivity contribution in [3.05, 3.63) is 64.4 Å². The monoisotopic (exact) mass is 354 g/mol. The minimum absolute atomic E-state index is 0.219. The Hall–Kier alpha value is -3.26. The van der Waals surface area contributed by atoms with Gasteiger partial charge in [0.2, 0.25) is 4.77 Å². The van der Waals surface area contributed by atoms with E-state index >= 15 is 0 Å². The number of aromatic carboxylic acids is 1. The van der Waals surface area contributed by atoms with Crippen molar-refractivity contribution >= 4 is 24.4 Å². The predicted octanol–water partition coefficient (Wildman–Crippen LogP) is 3.20. The molecule has 25 heavy (non-hydrogen) atoms. The summed E-state index contributed by atoms with van der Waals surface area (Å²) in [5.74, 6) is 0.333. The lowest BCUT2D eigenvalue weighted by Gasteiger charge is -2.03. The molecule has 0 fully saturated rings. The van der Waals surface area contributed by atoms with E-state index in [-0.39, 0.29) is 5.56 Å². The number of ether oxygens (including phenoxy) is 1. The number of nitrogens with one attached hydrogen (secondary N) is 1. The highest BCUT2D eigenvalue weighted by Gasteiger charge is 2.08. The lowest BCUT2D eigenvalue weighted by molar-refractivity contribution is 0.0697. The summed E-state index contributed by atoms with van der Waals surface area (Å²) < 4.78 is 7.00. The van der Waals surface area contributed by atoms with Crippen LogP contribution in [0.4, 0.5) is 0 Å². The number of hydrogen-bond acceptors (Lipinski definition) is 5. The molecule has 3 aromatic rings. The maximum absolute atomic E-state index is 10.9. The Kier molecular flexibility index (Phi) is 4.71. The molecule has 8 heteroatoms. The first-order chi connectivity index (χ1) is 12.1. The molecule has 0 aliphatic carbocycles. The van der Waals surface area contributed by atoms with Gasteiger partial charge in [0.15, 0.2) is 5.82 Å². The van der Waals surface area contributed by atoms with Crippen molar-refractivity contribution in [3.63, 3.8) is 0 Å². The van der Waals surface area contributed by atoms with Crippen LogP contribution in [0.3, 0.4) is 0 Å². The Morgan fingerprint density at radius 1 is 1.24 bits per heavy atom. The number of H-pyrrole nitrogens is 1. The number of rotatable bonds is 5. The fourth-order valence-corrected chi connectivity index (χ4v) is 2.34. The topological polar surface area (TPSA) is 92.5 Å². The number of nitrogens with zero attached hydrogens (tertiary/aromatic N) is 3. The third-order valence-corrected chi connectivity index (χ3v) is 3.74. The quantitative estimate of drug-likeness (QED) is 0.542. The molecular weight excluding hydrogens is 340 g/mol. The van der Waals surface area contributed by atoms with E-state index in [1.807, 2.05) is 24.3 Å². The zero-order valence-electron chi connectivity index (χ0n) is 13.2. The van der Waals surface area contributed by atoms with Crippen molar-refractivity contribution < 1.29 is 14.6 Å². The second kappa shape index (κ2) is 7.10. The summed E-state index contributed by atoms with van der Waals surface area (Å²) >= 11 is 5.22. The van der Waals surface area contributed by atoms with Crippen LogP contribution in [-0.2, 0) is 0 Å². The molecule has 1 aromatic heterocycles. The third kappa shape index (κ3) is 3.64. The van der Waals surface area contributed by atoms with Gasteiger partial charge in [-0.3, -0.25) is 0 Å². The largest absolute Gasteiger partial charge is 0.497 e. The first kappa shape index (κ1) is 16.6. The van der Waals surface area contributed by atoms with Crippen LogP contribution < -0.4 is 4.74 Å². The summed E-state index contributed by atoms with van der Waals surface area (Å²) in [6.45, 7) is 0. The van der Waals surface area contributed by atoms with Crippen LogP contribution in [0.1, 0.15) is 15.9 Å². The van der Waals surface area contributed by atoms with Gasteiger partial charge in [0, 0.05) is 5.56 Å². The number of carbonyl (C=O) groups is 1. The molecular formula is C17H14N4O3S. The lowest BCUT2D eigenvalue weighted by Crippen LogP contribution is -1.97. The van der Waals surface area contributed by atoms with E-state index in [4.69, 9.17) is 22.1 Å². The lowest BCUT2D eigenvalue weighted by atomic mass is 10.1. The Morgan fingerprint density at radius 3 is 2.52 bits per heavy atom. The molecule has 2 aromatic carbocycles. The molecule has 0 bridgehead atoms. The summed E-state index contributed by atoms with van der Waals surface area (Å²) in [6.07, 6.45) is 1.59. The van der Waals surface area contributed by atoms with Gasteiger partial charge in [0.1, 0.15) is 5.75 Å². The normalized spacial score (nSPS) is 10.9. The first-order valence-corrected chi connectivity index (χ1v) is 7.69. The molecule has 0 spiro atoms. The highest BCUT2D eigenvalue weighted by atomic mass is 32.1. The molecule has 0 saturated heterocycles. The molecule has 3 rings (SSSR count). The van der Waals surface area contributed by atoms with E-state index in [1.54, 1.807) is 25.5 Å². The number of carboxylic acids is 1. The zero-order valence-corrected chi connectivity index (χ0v) is 14.0. The van der Waals surface area contributed by atoms with Crippen molar-refractivity contribution in [2.45, 2.75) is 0 Å². The number of hydrogen-bond donors (Lipinski definition) is 2.